The van der Waals surface area contributed by atoms with E-state index in [4.69, 9.17) is 4.74 Å². The van der Waals surface area contributed by atoms with Gasteiger partial charge in [0.25, 0.3) is 0 Å². The number of allylic oxidation sites excluding steroid dienone is 2. The van der Waals surface area contributed by atoms with E-state index >= 15 is 0 Å². The number of aryl methyl sites for hydroxylation is 3. The lowest BCUT2D eigenvalue weighted by Gasteiger charge is -2.28. The van der Waals surface area contributed by atoms with Gasteiger partial charge in [0, 0.05) is 11.1 Å². The summed E-state index contributed by atoms with van der Waals surface area (Å²) in [6.45, 7) is 14.2. The van der Waals surface area contributed by atoms with E-state index < -0.39 is 7.26 Å². The summed E-state index contributed by atoms with van der Waals surface area (Å²) in [7, 11) is -2.26. The van der Waals surface area contributed by atoms with E-state index in [1.807, 2.05) is 30.4 Å². The van der Waals surface area contributed by atoms with Crippen LogP contribution in [-0.2, 0) is 12.8 Å². The molecule has 5 aromatic rings. The maximum atomic E-state index is 11.0. The Labute approximate surface area is 257 Å². The summed E-state index contributed by atoms with van der Waals surface area (Å²) in [5.74, 6) is 0.972. The number of hydrogen-bond donors (Lipinski definition) is 1. The summed E-state index contributed by atoms with van der Waals surface area (Å²) in [6, 6.07) is 38.8. The number of hydrogen-bond acceptors (Lipinski definition) is 2. The summed E-state index contributed by atoms with van der Waals surface area (Å²) >= 11 is 0. The van der Waals surface area contributed by atoms with Crippen LogP contribution in [-0.4, -0.2) is 11.5 Å². The van der Waals surface area contributed by atoms with Crippen LogP contribution >= 0.6 is 7.26 Å². The van der Waals surface area contributed by atoms with E-state index in [0.717, 1.165) is 40.8 Å². The minimum Gasteiger partial charge on any atom is -0.507 e. The van der Waals surface area contributed by atoms with Crippen molar-refractivity contribution in [3.63, 3.8) is 0 Å². The summed E-state index contributed by atoms with van der Waals surface area (Å²) in [5, 5.41) is 14.9. The second-order valence-electron chi connectivity index (χ2n) is 11.3. The Morgan fingerprint density at radius 2 is 1.00 bits per heavy atom. The highest BCUT2D eigenvalue weighted by molar-refractivity contribution is 7.95. The largest absolute Gasteiger partial charge is 0.507 e. The average Bonchev–Trinajstić information content (AvgIpc) is 3.01. The molecule has 0 fully saturated rings. The first kappa shape index (κ1) is 30.1. The van der Waals surface area contributed by atoms with E-state index in [1.165, 1.54) is 32.6 Å². The van der Waals surface area contributed by atoms with Gasteiger partial charge in [0.1, 0.15) is 27.4 Å². The smallest absolute Gasteiger partial charge is 0.210 e. The lowest BCUT2D eigenvalue weighted by Crippen LogP contribution is -2.35. The van der Waals surface area contributed by atoms with Crippen molar-refractivity contribution in [1.82, 2.24) is 0 Å². The van der Waals surface area contributed by atoms with Gasteiger partial charge < -0.3 is 9.84 Å². The van der Waals surface area contributed by atoms with E-state index in [-0.39, 0.29) is 5.75 Å². The molecule has 2 nitrogen and oxygen atoms in total. The molecule has 1 N–H and O–H groups in total. The minimum absolute atomic E-state index is 0.227. The molecule has 5 rings (SSSR count). The van der Waals surface area contributed by atoms with Crippen molar-refractivity contribution < 1.29 is 9.84 Å². The van der Waals surface area contributed by atoms with Gasteiger partial charge in [-0.3, -0.25) is 0 Å². The van der Waals surface area contributed by atoms with Crippen molar-refractivity contribution >= 4 is 23.2 Å². The van der Waals surface area contributed by atoms with E-state index in [1.54, 1.807) is 6.07 Å². The number of rotatable bonds is 11. The molecular weight excluding hydrogens is 543 g/mol. The van der Waals surface area contributed by atoms with Crippen LogP contribution in [0.25, 0.3) is 11.1 Å². The normalized spacial score (nSPS) is 11.2. The topological polar surface area (TPSA) is 29.5 Å². The molecule has 0 aromatic heterocycles. The van der Waals surface area contributed by atoms with E-state index in [0.29, 0.717) is 6.35 Å². The second kappa shape index (κ2) is 13.3. The summed E-state index contributed by atoms with van der Waals surface area (Å²) in [4.78, 5) is 0. The molecule has 0 aliphatic carbocycles. The number of aromatic hydroxyl groups is 1. The van der Waals surface area contributed by atoms with Gasteiger partial charge in [-0.1, -0.05) is 77.4 Å². The standard InChI is InChI=1S/C40H39O2P/c1-6-8-32-16-24-39(41)37(26-32)38-27-33(9-7-2)17-25-40(38)42-28-43(34-18-10-29(3)11-19-34,35-20-12-30(4)13-21-35)36-22-14-31(5)15-23-36/h6-7,10-27H,1-2,8-9,28H2,3-5H3/p+1. The number of phenols is 1. The van der Waals surface area contributed by atoms with Crippen molar-refractivity contribution in [2.45, 2.75) is 33.6 Å². The molecule has 0 bridgehead atoms. The molecule has 0 unspecified atom stereocenters. The van der Waals surface area contributed by atoms with Crippen molar-refractivity contribution in [3.05, 3.63) is 162 Å². The fourth-order valence-electron chi connectivity index (χ4n) is 5.53. The van der Waals surface area contributed by atoms with Gasteiger partial charge in [0.15, 0.2) is 7.26 Å². The first-order chi connectivity index (χ1) is 20.8. The fourth-order valence-corrected chi connectivity index (χ4v) is 9.18. The maximum Gasteiger partial charge on any atom is 0.210 e. The Hall–Kier alpha value is -4.39. The van der Waals surface area contributed by atoms with Gasteiger partial charge in [0.2, 0.25) is 6.35 Å². The molecule has 0 aliphatic heterocycles. The molecule has 5 aromatic carbocycles. The monoisotopic (exact) mass is 583 g/mol. The first-order valence-corrected chi connectivity index (χ1v) is 16.7. The van der Waals surface area contributed by atoms with Crippen molar-refractivity contribution in [2.75, 3.05) is 6.35 Å². The number of phenolic OH excluding ortho intramolecular Hbond substituents is 1. The Kier molecular flexibility index (Phi) is 9.29. The van der Waals surface area contributed by atoms with Gasteiger partial charge in [-0.25, -0.2) is 0 Å². The lowest BCUT2D eigenvalue weighted by atomic mass is 9.97. The highest BCUT2D eigenvalue weighted by atomic mass is 31.2. The van der Waals surface area contributed by atoms with Crippen LogP contribution in [0.3, 0.4) is 0 Å². The van der Waals surface area contributed by atoms with E-state index in [9.17, 15) is 5.11 Å². The van der Waals surface area contributed by atoms with Crippen LogP contribution < -0.4 is 20.7 Å². The van der Waals surface area contributed by atoms with Crippen LogP contribution in [0.2, 0.25) is 0 Å². The second-order valence-corrected chi connectivity index (χ2v) is 14.7. The minimum atomic E-state index is -2.26. The number of ether oxygens (including phenoxy) is 1. The fraction of sp³-hybridized carbons (Fsp3) is 0.150. The van der Waals surface area contributed by atoms with Crippen LogP contribution in [0.15, 0.2) is 135 Å². The predicted molar refractivity (Wildman–Crippen MR) is 186 cm³/mol. The third kappa shape index (κ3) is 6.51. The molecule has 0 atom stereocenters. The van der Waals surface area contributed by atoms with E-state index in [2.05, 4.69) is 119 Å². The summed E-state index contributed by atoms with van der Waals surface area (Å²) in [5.41, 5.74) is 7.51. The van der Waals surface area contributed by atoms with Gasteiger partial charge in [-0.2, -0.15) is 0 Å². The molecule has 0 amide bonds. The van der Waals surface area contributed by atoms with Gasteiger partial charge >= 0.3 is 0 Å². The van der Waals surface area contributed by atoms with Gasteiger partial charge in [-0.15, -0.1) is 13.2 Å². The molecule has 0 saturated carbocycles. The Balaban J connectivity index is 1.70. The third-order valence-corrected chi connectivity index (χ3v) is 12.0. The quantitative estimate of drug-likeness (QED) is 0.124. The molecule has 0 spiro atoms. The molecule has 3 heteroatoms. The van der Waals surface area contributed by atoms with Crippen LogP contribution in [0, 0.1) is 20.8 Å². The predicted octanol–water partition coefficient (Wildman–Crippen LogP) is 8.77. The summed E-state index contributed by atoms with van der Waals surface area (Å²) < 4.78 is 6.99. The van der Waals surface area contributed by atoms with Gasteiger partial charge in [-0.05, 0) is 105 Å². The molecule has 43 heavy (non-hydrogen) atoms. The van der Waals surface area contributed by atoms with Crippen molar-refractivity contribution in [3.8, 4) is 22.6 Å². The Morgan fingerprint density at radius 1 is 0.581 bits per heavy atom. The zero-order valence-corrected chi connectivity index (χ0v) is 26.3. The van der Waals surface area contributed by atoms with Crippen molar-refractivity contribution in [2.24, 2.45) is 0 Å². The lowest BCUT2D eigenvalue weighted by molar-refractivity contribution is 0.389. The molecule has 0 saturated heterocycles. The molecule has 0 aliphatic rings. The third-order valence-electron chi connectivity index (χ3n) is 7.99. The van der Waals surface area contributed by atoms with Crippen molar-refractivity contribution in [1.29, 1.82) is 0 Å². The van der Waals surface area contributed by atoms with Crippen LogP contribution in [0.4, 0.5) is 0 Å². The SMILES string of the molecule is C=CCc1ccc(O)c(-c2cc(CC=C)ccc2OC[P+](c2ccc(C)cc2)(c2ccc(C)cc2)c2ccc(C)cc2)c1. The van der Waals surface area contributed by atoms with Gasteiger partial charge in [0.05, 0.1) is 0 Å². The first-order valence-electron chi connectivity index (χ1n) is 14.7. The summed E-state index contributed by atoms with van der Waals surface area (Å²) in [6.07, 6.45) is 5.71. The zero-order chi connectivity index (χ0) is 30.4. The highest BCUT2D eigenvalue weighted by Gasteiger charge is 2.47. The van der Waals surface area contributed by atoms with Crippen LogP contribution in [0.5, 0.6) is 11.5 Å². The maximum absolute atomic E-state index is 11.0. The highest BCUT2D eigenvalue weighted by Crippen LogP contribution is 2.56. The van der Waals surface area contributed by atoms with Crippen LogP contribution in [0.1, 0.15) is 27.8 Å². The average molecular weight is 584 g/mol. The Bertz CT molecular complexity index is 1600. The zero-order valence-electron chi connectivity index (χ0n) is 25.4. The Morgan fingerprint density at radius 3 is 1.44 bits per heavy atom. The molecule has 0 heterocycles. The molecular formula is C40H40O2P+. The molecule has 0 radical (unpaired) electrons. The number of benzene rings is 5. The molecule has 216 valence electrons.